The van der Waals surface area contributed by atoms with Crippen LogP contribution in [0, 0.1) is 0 Å². The standard InChI is InChI=1S/C11H22N2O3/c1-11(2,3)16-10(14)13-5-4-9-8-12-6-7-15-9/h9,12H,4-8H2,1-3H3,(H,13,14)/t9-/m0/s1. The van der Waals surface area contributed by atoms with E-state index in [-0.39, 0.29) is 12.2 Å². The molecular weight excluding hydrogens is 208 g/mol. The molecule has 1 atom stereocenters. The minimum Gasteiger partial charge on any atom is -0.444 e. The Morgan fingerprint density at radius 3 is 2.88 bits per heavy atom. The fourth-order valence-corrected chi connectivity index (χ4v) is 1.45. The van der Waals surface area contributed by atoms with Crippen LogP contribution in [0.4, 0.5) is 4.79 Å². The number of hydrogen-bond acceptors (Lipinski definition) is 4. The monoisotopic (exact) mass is 230 g/mol. The van der Waals surface area contributed by atoms with Gasteiger partial charge in [0.05, 0.1) is 12.7 Å². The summed E-state index contributed by atoms with van der Waals surface area (Å²) < 4.78 is 10.6. The van der Waals surface area contributed by atoms with Crippen LogP contribution in [0.15, 0.2) is 0 Å². The summed E-state index contributed by atoms with van der Waals surface area (Å²) in [5.41, 5.74) is -0.438. The van der Waals surface area contributed by atoms with Gasteiger partial charge in [0.1, 0.15) is 5.60 Å². The largest absolute Gasteiger partial charge is 0.444 e. The molecule has 1 heterocycles. The minimum atomic E-state index is -0.438. The second-order valence-corrected chi connectivity index (χ2v) is 4.91. The van der Waals surface area contributed by atoms with Crippen molar-refractivity contribution >= 4 is 6.09 Å². The number of carbonyl (C=O) groups excluding carboxylic acids is 1. The molecule has 0 saturated carbocycles. The third-order valence-electron chi connectivity index (χ3n) is 2.14. The van der Waals surface area contributed by atoms with Crippen molar-refractivity contribution < 1.29 is 14.3 Å². The van der Waals surface area contributed by atoms with Gasteiger partial charge in [-0.1, -0.05) is 0 Å². The maximum Gasteiger partial charge on any atom is 0.407 e. The van der Waals surface area contributed by atoms with Gasteiger partial charge in [0.2, 0.25) is 0 Å². The van der Waals surface area contributed by atoms with Crippen LogP contribution in [0.2, 0.25) is 0 Å². The maximum absolute atomic E-state index is 11.3. The lowest BCUT2D eigenvalue weighted by atomic mass is 10.2. The molecule has 1 fully saturated rings. The van der Waals surface area contributed by atoms with E-state index < -0.39 is 5.60 Å². The smallest absolute Gasteiger partial charge is 0.407 e. The Balaban J connectivity index is 2.08. The van der Waals surface area contributed by atoms with Crippen LogP contribution in [0.25, 0.3) is 0 Å². The van der Waals surface area contributed by atoms with E-state index in [0.717, 1.165) is 26.1 Å². The van der Waals surface area contributed by atoms with E-state index in [2.05, 4.69) is 10.6 Å². The van der Waals surface area contributed by atoms with Crippen LogP contribution in [0.1, 0.15) is 27.2 Å². The number of ether oxygens (including phenoxy) is 2. The van der Waals surface area contributed by atoms with Crippen LogP contribution >= 0.6 is 0 Å². The fourth-order valence-electron chi connectivity index (χ4n) is 1.45. The van der Waals surface area contributed by atoms with Gasteiger partial charge in [-0.3, -0.25) is 0 Å². The number of alkyl carbamates (subject to hydrolysis) is 1. The lowest BCUT2D eigenvalue weighted by molar-refractivity contribution is 0.0219. The van der Waals surface area contributed by atoms with E-state index in [1.807, 2.05) is 20.8 Å². The van der Waals surface area contributed by atoms with Crippen molar-refractivity contribution in [1.82, 2.24) is 10.6 Å². The molecule has 1 aliphatic rings. The first-order valence-corrected chi connectivity index (χ1v) is 5.76. The van der Waals surface area contributed by atoms with Gasteiger partial charge in [0.25, 0.3) is 0 Å². The second-order valence-electron chi connectivity index (χ2n) is 4.91. The third kappa shape index (κ3) is 5.92. The lowest BCUT2D eigenvalue weighted by Crippen LogP contribution is -2.41. The Bertz CT molecular complexity index is 220. The van der Waals surface area contributed by atoms with Crippen LogP contribution < -0.4 is 10.6 Å². The molecule has 0 aromatic carbocycles. The van der Waals surface area contributed by atoms with Crippen LogP contribution in [-0.4, -0.2) is 44.0 Å². The zero-order valence-electron chi connectivity index (χ0n) is 10.3. The summed E-state index contributed by atoms with van der Waals surface area (Å²) in [5.74, 6) is 0. The molecule has 5 nitrogen and oxygen atoms in total. The van der Waals surface area contributed by atoms with Crippen molar-refractivity contribution in [3.05, 3.63) is 0 Å². The number of amides is 1. The van der Waals surface area contributed by atoms with Gasteiger partial charge >= 0.3 is 6.09 Å². The first-order valence-electron chi connectivity index (χ1n) is 5.76. The molecule has 0 aromatic heterocycles. The number of nitrogens with one attached hydrogen (secondary N) is 2. The zero-order chi connectivity index (χ0) is 12.0. The van der Waals surface area contributed by atoms with E-state index >= 15 is 0 Å². The lowest BCUT2D eigenvalue weighted by Gasteiger charge is -2.24. The molecule has 0 bridgehead atoms. The van der Waals surface area contributed by atoms with Crippen molar-refractivity contribution in [2.24, 2.45) is 0 Å². The summed E-state index contributed by atoms with van der Waals surface area (Å²) in [6, 6.07) is 0. The molecule has 0 aromatic rings. The van der Waals surface area contributed by atoms with Crippen LogP contribution in [-0.2, 0) is 9.47 Å². The molecule has 94 valence electrons. The molecule has 16 heavy (non-hydrogen) atoms. The number of morpholine rings is 1. The van der Waals surface area contributed by atoms with Crippen molar-refractivity contribution in [3.63, 3.8) is 0 Å². The number of rotatable bonds is 3. The molecule has 0 spiro atoms. The van der Waals surface area contributed by atoms with Crippen molar-refractivity contribution in [3.8, 4) is 0 Å². The molecular formula is C11H22N2O3. The highest BCUT2D eigenvalue weighted by Gasteiger charge is 2.17. The number of carbonyl (C=O) groups is 1. The van der Waals surface area contributed by atoms with Crippen molar-refractivity contribution in [1.29, 1.82) is 0 Å². The first kappa shape index (κ1) is 13.3. The van der Waals surface area contributed by atoms with Crippen LogP contribution in [0.5, 0.6) is 0 Å². The van der Waals surface area contributed by atoms with E-state index in [4.69, 9.17) is 9.47 Å². The molecule has 0 radical (unpaired) electrons. The summed E-state index contributed by atoms with van der Waals surface area (Å²) in [6.07, 6.45) is 0.645. The summed E-state index contributed by atoms with van der Waals surface area (Å²) in [4.78, 5) is 11.3. The highest BCUT2D eigenvalue weighted by atomic mass is 16.6. The van der Waals surface area contributed by atoms with E-state index in [1.54, 1.807) is 0 Å². The van der Waals surface area contributed by atoms with Crippen LogP contribution in [0.3, 0.4) is 0 Å². The van der Waals surface area contributed by atoms with Gasteiger partial charge < -0.3 is 20.1 Å². The molecule has 0 aliphatic carbocycles. The van der Waals surface area contributed by atoms with E-state index in [1.165, 1.54) is 0 Å². The molecule has 5 heteroatoms. The Labute approximate surface area is 96.9 Å². The molecule has 1 aliphatic heterocycles. The average Bonchev–Trinajstić information content (AvgIpc) is 2.16. The van der Waals surface area contributed by atoms with Gasteiger partial charge in [-0.2, -0.15) is 0 Å². The SMILES string of the molecule is CC(C)(C)OC(=O)NCC[C@H]1CNCCO1. The third-order valence-corrected chi connectivity index (χ3v) is 2.14. The van der Waals surface area contributed by atoms with Gasteiger partial charge in [0, 0.05) is 19.6 Å². The highest BCUT2D eigenvalue weighted by molar-refractivity contribution is 5.67. The minimum absolute atomic E-state index is 0.198. The Morgan fingerprint density at radius 2 is 2.31 bits per heavy atom. The Kier molecular flexibility index (Phi) is 5.02. The van der Waals surface area contributed by atoms with Crippen molar-refractivity contribution in [2.45, 2.75) is 38.9 Å². The maximum atomic E-state index is 11.3. The molecule has 1 rings (SSSR count). The molecule has 1 saturated heterocycles. The summed E-state index contributed by atoms with van der Waals surface area (Å²) in [5, 5.41) is 5.96. The highest BCUT2D eigenvalue weighted by Crippen LogP contribution is 2.06. The zero-order valence-corrected chi connectivity index (χ0v) is 10.3. The van der Waals surface area contributed by atoms with Gasteiger partial charge in [-0.25, -0.2) is 4.79 Å². The predicted molar refractivity (Wildman–Crippen MR) is 61.5 cm³/mol. The summed E-state index contributed by atoms with van der Waals surface area (Å²) in [6.45, 7) is 8.65. The van der Waals surface area contributed by atoms with Gasteiger partial charge in [-0.05, 0) is 27.2 Å². The Morgan fingerprint density at radius 1 is 1.56 bits per heavy atom. The van der Waals surface area contributed by atoms with Crippen molar-refractivity contribution in [2.75, 3.05) is 26.2 Å². The fraction of sp³-hybridized carbons (Fsp3) is 0.909. The van der Waals surface area contributed by atoms with E-state index in [9.17, 15) is 4.79 Å². The summed E-state index contributed by atoms with van der Waals surface area (Å²) >= 11 is 0. The second kappa shape index (κ2) is 6.06. The van der Waals surface area contributed by atoms with E-state index in [0.29, 0.717) is 6.54 Å². The number of hydrogen-bond donors (Lipinski definition) is 2. The first-order chi connectivity index (χ1) is 7.47. The molecule has 1 amide bonds. The van der Waals surface area contributed by atoms with Gasteiger partial charge in [0.15, 0.2) is 0 Å². The Hall–Kier alpha value is -0.810. The molecule has 2 N–H and O–H groups in total. The predicted octanol–water partition coefficient (Wildman–Crippen LogP) is 0.890. The average molecular weight is 230 g/mol. The quantitative estimate of drug-likeness (QED) is 0.756. The normalized spacial score (nSPS) is 21.6. The summed E-state index contributed by atoms with van der Waals surface area (Å²) in [7, 11) is 0. The van der Waals surface area contributed by atoms with Gasteiger partial charge in [-0.15, -0.1) is 0 Å². The molecule has 0 unspecified atom stereocenters. The topological polar surface area (TPSA) is 59.6 Å².